The van der Waals surface area contributed by atoms with Crippen molar-refractivity contribution in [2.75, 3.05) is 25.7 Å². The van der Waals surface area contributed by atoms with Gasteiger partial charge in [-0.25, -0.2) is 4.39 Å². The van der Waals surface area contributed by atoms with Crippen LogP contribution in [0, 0.1) is 11.7 Å². The highest BCUT2D eigenvalue weighted by Crippen LogP contribution is 2.35. The second kappa shape index (κ2) is 5.26. The molecule has 1 unspecified atom stereocenters. The number of ether oxygens (including phenoxy) is 2. The number of benzene rings is 1. The van der Waals surface area contributed by atoms with E-state index in [2.05, 4.69) is 4.74 Å². The molecule has 1 aliphatic heterocycles. The van der Waals surface area contributed by atoms with Gasteiger partial charge in [0.25, 0.3) is 0 Å². The molecular weight excluding hydrogens is 253 g/mol. The van der Waals surface area contributed by atoms with Crippen molar-refractivity contribution in [1.29, 1.82) is 0 Å². The van der Waals surface area contributed by atoms with Crippen molar-refractivity contribution < 1.29 is 23.5 Å². The van der Waals surface area contributed by atoms with E-state index >= 15 is 0 Å². The molecule has 1 fully saturated rings. The molecule has 1 aliphatic rings. The van der Waals surface area contributed by atoms with Crippen molar-refractivity contribution in [3.05, 3.63) is 24.0 Å². The van der Waals surface area contributed by atoms with Gasteiger partial charge in [-0.15, -0.1) is 0 Å². The molecule has 102 valence electrons. The topological polar surface area (TPSA) is 55.8 Å². The lowest BCUT2D eigenvalue weighted by Crippen LogP contribution is -2.27. The number of anilines is 1. The van der Waals surface area contributed by atoms with Crippen molar-refractivity contribution in [3.8, 4) is 5.75 Å². The lowest BCUT2D eigenvalue weighted by Gasteiger charge is -2.19. The van der Waals surface area contributed by atoms with Gasteiger partial charge in [-0.2, -0.15) is 0 Å². The summed E-state index contributed by atoms with van der Waals surface area (Å²) in [5, 5.41) is 0. The summed E-state index contributed by atoms with van der Waals surface area (Å²) >= 11 is 0. The number of nitrogens with zero attached hydrogens (tertiary/aromatic N) is 1. The molecule has 1 saturated heterocycles. The number of para-hydroxylation sites is 1. The number of amides is 1. The Morgan fingerprint density at radius 2 is 2.16 bits per heavy atom. The van der Waals surface area contributed by atoms with Crippen LogP contribution in [-0.4, -0.2) is 32.6 Å². The Morgan fingerprint density at radius 1 is 1.42 bits per heavy atom. The molecule has 0 radical (unpaired) electrons. The van der Waals surface area contributed by atoms with E-state index in [1.54, 1.807) is 6.07 Å². The number of hydrogen-bond donors (Lipinski definition) is 0. The Labute approximate surface area is 109 Å². The lowest BCUT2D eigenvalue weighted by molar-refractivity contribution is -0.145. The molecule has 1 heterocycles. The van der Waals surface area contributed by atoms with E-state index in [1.165, 1.54) is 31.3 Å². The van der Waals surface area contributed by atoms with Crippen LogP contribution in [0.1, 0.15) is 6.42 Å². The van der Waals surface area contributed by atoms with E-state index in [4.69, 9.17) is 4.74 Å². The average Bonchev–Trinajstić information content (AvgIpc) is 2.79. The van der Waals surface area contributed by atoms with Gasteiger partial charge >= 0.3 is 5.97 Å². The smallest absolute Gasteiger partial charge is 0.311 e. The van der Waals surface area contributed by atoms with Crippen molar-refractivity contribution >= 4 is 17.6 Å². The van der Waals surface area contributed by atoms with Crippen molar-refractivity contribution in [3.63, 3.8) is 0 Å². The second-order valence-corrected chi connectivity index (χ2v) is 4.22. The van der Waals surface area contributed by atoms with E-state index in [0.717, 1.165) is 0 Å². The molecule has 0 bridgehead atoms. The zero-order valence-electron chi connectivity index (χ0n) is 10.7. The van der Waals surface area contributed by atoms with Crippen molar-refractivity contribution in [2.24, 2.45) is 5.92 Å². The fourth-order valence-corrected chi connectivity index (χ4v) is 2.17. The van der Waals surface area contributed by atoms with Gasteiger partial charge in [-0.1, -0.05) is 6.07 Å². The first kappa shape index (κ1) is 13.3. The monoisotopic (exact) mass is 267 g/mol. The van der Waals surface area contributed by atoms with Gasteiger partial charge in [-0.05, 0) is 12.1 Å². The van der Waals surface area contributed by atoms with Crippen molar-refractivity contribution in [2.45, 2.75) is 6.42 Å². The van der Waals surface area contributed by atoms with E-state index in [-0.39, 0.29) is 30.3 Å². The molecule has 0 aromatic heterocycles. The maximum absolute atomic E-state index is 13.9. The highest BCUT2D eigenvalue weighted by Gasteiger charge is 2.38. The first-order valence-electron chi connectivity index (χ1n) is 5.79. The molecule has 2 rings (SSSR count). The zero-order valence-corrected chi connectivity index (χ0v) is 10.7. The summed E-state index contributed by atoms with van der Waals surface area (Å²) in [4.78, 5) is 24.6. The first-order valence-corrected chi connectivity index (χ1v) is 5.79. The number of carbonyl (C=O) groups is 2. The van der Waals surface area contributed by atoms with Crippen LogP contribution in [0.3, 0.4) is 0 Å². The predicted molar refractivity (Wildman–Crippen MR) is 65.4 cm³/mol. The predicted octanol–water partition coefficient (Wildman–Crippen LogP) is 1.36. The molecule has 0 spiro atoms. The van der Waals surface area contributed by atoms with E-state index in [0.29, 0.717) is 0 Å². The first-order chi connectivity index (χ1) is 9.08. The Morgan fingerprint density at radius 3 is 2.79 bits per heavy atom. The third-order valence-corrected chi connectivity index (χ3v) is 3.10. The quantitative estimate of drug-likeness (QED) is 0.776. The maximum atomic E-state index is 13.9. The minimum Gasteiger partial charge on any atom is -0.494 e. The van der Waals surface area contributed by atoms with Gasteiger partial charge in [-0.3, -0.25) is 9.59 Å². The highest BCUT2D eigenvalue weighted by atomic mass is 19.1. The number of halogens is 1. The van der Waals surface area contributed by atoms with Crippen molar-refractivity contribution in [1.82, 2.24) is 0 Å². The molecule has 19 heavy (non-hydrogen) atoms. The van der Waals surface area contributed by atoms with Gasteiger partial charge in [0.1, 0.15) is 11.4 Å². The molecule has 0 N–H and O–H groups in total. The van der Waals surface area contributed by atoms with Crippen LogP contribution >= 0.6 is 0 Å². The van der Waals surface area contributed by atoms with Gasteiger partial charge in [0.2, 0.25) is 5.91 Å². The third kappa shape index (κ3) is 2.38. The van der Waals surface area contributed by atoms with E-state index in [1.807, 2.05) is 0 Å². The molecular formula is C13H14FNO4. The number of methoxy groups -OCH3 is 2. The minimum atomic E-state index is -0.568. The SMILES string of the molecule is COC(=O)C1CC(=O)N(c2c(F)cccc2OC)C1. The number of esters is 1. The Hall–Kier alpha value is -2.11. The Bertz CT molecular complexity index is 517. The number of rotatable bonds is 3. The van der Waals surface area contributed by atoms with Gasteiger partial charge in [0.05, 0.1) is 20.1 Å². The van der Waals surface area contributed by atoms with Crippen LogP contribution in [0.25, 0.3) is 0 Å². The lowest BCUT2D eigenvalue weighted by atomic mass is 10.1. The largest absolute Gasteiger partial charge is 0.494 e. The summed E-state index contributed by atoms with van der Waals surface area (Å²) in [7, 11) is 2.66. The zero-order chi connectivity index (χ0) is 14.0. The maximum Gasteiger partial charge on any atom is 0.311 e. The number of carbonyl (C=O) groups excluding carboxylic acids is 2. The van der Waals surface area contributed by atoms with Gasteiger partial charge in [0, 0.05) is 13.0 Å². The van der Waals surface area contributed by atoms with E-state index in [9.17, 15) is 14.0 Å². The summed E-state index contributed by atoms with van der Waals surface area (Å²) < 4.78 is 23.6. The number of hydrogen-bond acceptors (Lipinski definition) is 4. The van der Waals surface area contributed by atoms with Crippen LogP contribution < -0.4 is 9.64 Å². The highest BCUT2D eigenvalue weighted by molar-refractivity contribution is 6.00. The summed E-state index contributed by atoms with van der Waals surface area (Å²) in [5.41, 5.74) is 0.0707. The molecule has 1 aromatic carbocycles. The standard InChI is InChI=1S/C13H14FNO4/c1-18-10-5-3-4-9(14)12(10)15-7-8(6-11(15)16)13(17)19-2/h3-5,8H,6-7H2,1-2H3. The Balaban J connectivity index is 2.33. The molecule has 6 heteroatoms. The minimum absolute atomic E-state index is 0.0180. The normalized spacial score (nSPS) is 18.6. The third-order valence-electron chi connectivity index (χ3n) is 3.10. The summed E-state index contributed by atoms with van der Waals surface area (Å²) in [6.07, 6.45) is 0.0180. The molecule has 0 saturated carbocycles. The van der Waals surface area contributed by atoms with Crippen LogP contribution in [0.2, 0.25) is 0 Å². The van der Waals surface area contributed by atoms with Crippen LogP contribution in [0.4, 0.5) is 10.1 Å². The Kier molecular flexibility index (Phi) is 3.69. The van der Waals surface area contributed by atoms with Gasteiger partial charge < -0.3 is 14.4 Å². The molecule has 1 aromatic rings. The molecule has 1 atom stereocenters. The van der Waals surface area contributed by atoms with Crippen LogP contribution in [0.5, 0.6) is 5.75 Å². The fourth-order valence-electron chi connectivity index (χ4n) is 2.17. The summed E-state index contributed by atoms with van der Waals surface area (Å²) in [6, 6.07) is 4.31. The summed E-state index contributed by atoms with van der Waals surface area (Å²) in [5.74, 6) is -1.65. The summed E-state index contributed by atoms with van der Waals surface area (Å²) in [6.45, 7) is 0.1000. The molecule has 1 amide bonds. The van der Waals surface area contributed by atoms with Crippen LogP contribution in [0.15, 0.2) is 18.2 Å². The van der Waals surface area contributed by atoms with E-state index < -0.39 is 17.7 Å². The van der Waals surface area contributed by atoms with Crippen LogP contribution in [-0.2, 0) is 14.3 Å². The fraction of sp³-hybridized carbons (Fsp3) is 0.385. The average molecular weight is 267 g/mol. The molecule has 0 aliphatic carbocycles. The van der Waals surface area contributed by atoms with Gasteiger partial charge in [0.15, 0.2) is 5.82 Å². The molecule has 5 nitrogen and oxygen atoms in total. The second-order valence-electron chi connectivity index (χ2n) is 4.22.